The van der Waals surface area contributed by atoms with E-state index in [9.17, 15) is 26.4 Å². The lowest BCUT2D eigenvalue weighted by Crippen LogP contribution is -2.51. The zero-order valence-electron chi connectivity index (χ0n) is 18.3. The minimum absolute atomic E-state index is 0.125. The topological polar surface area (TPSA) is 60.9 Å². The standard InChI is InChI=1S/C22H25ClF3N3O3S/c1-3-27-10-12-28(13-11-27)21(30)15-29(33(31,32)18-7-4-16(2)5-8-18)17-6-9-20(23)19(14-17)22(24,25)26/h4-9,14H,3,10-13,15H2,1-2H3. The van der Waals surface area contributed by atoms with Gasteiger partial charge in [-0.2, -0.15) is 13.2 Å². The molecule has 2 aromatic rings. The van der Waals surface area contributed by atoms with E-state index >= 15 is 0 Å². The summed E-state index contributed by atoms with van der Waals surface area (Å²) in [5, 5.41) is -0.555. The van der Waals surface area contributed by atoms with Crippen LogP contribution in [0.4, 0.5) is 18.9 Å². The molecule has 0 N–H and O–H groups in total. The first-order valence-corrected chi connectivity index (χ1v) is 12.2. The first kappa shape index (κ1) is 25.3. The van der Waals surface area contributed by atoms with Crippen LogP contribution in [-0.2, 0) is 21.0 Å². The van der Waals surface area contributed by atoms with Crippen molar-refractivity contribution in [2.75, 3.05) is 43.6 Å². The van der Waals surface area contributed by atoms with Crippen molar-refractivity contribution in [1.82, 2.24) is 9.80 Å². The first-order valence-electron chi connectivity index (χ1n) is 10.4. The molecule has 0 aromatic heterocycles. The van der Waals surface area contributed by atoms with Gasteiger partial charge in [-0.15, -0.1) is 0 Å². The van der Waals surface area contributed by atoms with E-state index in [1.165, 1.54) is 23.1 Å². The Bertz CT molecular complexity index is 1100. The van der Waals surface area contributed by atoms with Crippen molar-refractivity contribution in [2.24, 2.45) is 0 Å². The number of sulfonamides is 1. The molecular weight excluding hydrogens is 479 g/mol. The van der Waals surface area contributed by atoms with Crippen LogP contribution in [0.5, 0.6) is 0 Å². The number of amides is 1. The molecule has 2 aromatic carbocycles. The number of benzene rings is 2. The Kier molecular flexibility index (Phi) is 7.60. The van der Waals surface area contributed by atoms with E-state index in [1.54, 1.807) is 19.1 Å². The molecule has 1 heterocycles. The first-order chi connectivity index (χ1) is 15.4. The second-order valence-electron chi connectivity index (χ2n) is 7.80. The predicted molar refractivity (Wildman–Crippen MR) is 121 cm³/mol. The Labute approximate surface area is 196 Å². The minimum Gasteiger partial charge on any atom is -0.339 e. The lowest BCUT2D eigenvalue weighted by atomic mass is 10.2. The molecular formula is C22H25ClF3N3O3S. The van der Waals surface area contributed by atoms with E-state index in [1.807, 2.05) is 6.92 Å². The molecule has 0 spiro atoms. The van der Waals surface area contributed by atoms with Crippen LogP contribution in [0.2, 0.25) is 5.02 Å². The zero-order chi connectivity index (χ0) is 24.4. The van der Waals surface area contributed by atoms with Crippen molar-refractivity contribution in [2.45, 2.75) is 24.9 Å². The van der Waals surface area contributed by atoms with Crippen molar-refractivity contribution in [3.63, 3.8) is 0 Å². The summed E-state index contributed by atoms with van der Waals surface area (Å²) in [6, 6.07) is 8.72. The van der Waals surface area contributed by atoms with Gasteiger partial charge in [-0.25, -0.2) is 8.42 Å². The zero-order valence-corrected chi connectivity index (χ0v) is 19.8. The van der Waals surface area contributed by atoms with Gasteiger partial charge in [-0.3, -0.25) is 9.10 Å². The molecule has 33 heavy (non-hydrogen) atoms. The quantitative estimate of drug-likeness (QED) is 0.597. The third-order valence-corrected chi connectivity index (χ3v) is 7.72. The van der Waals surface area contributed by atoms with E-state index < -0.39 is 39.2 Å². The number of rotatable bonds is 6. The Balaban J connectivity index is 2.00. The highest BCUT2D eigenvalue weighted by Crippen LogP contribution is 2.38. The lowest BCUT2D eigenvalue weighted by Gasteiger charge is -2.35. The molecule has 0 saturated carbocycles. The van der Waals surface area contributed by atoms with Gasteiger partial charge in [-0.05, 0) is 43.8 Å². The van der Waals surface area contributed by atoms with Gasteiger partial charge in [0.2, 0.25) is 5.91 Å². The Morgan fingerprint density at radius 1 is 1.06 bits per heavy atom. The fourth-order valence-corrected chi connectivity index (χ4v) is 5.21. The summed E-state index contributed by atoms with van der Waals surface area (Å²) < 4.78 is 67.9. The van der Waals surface area contributed by atoms with E-state index in [4.69, 9.17) is 11.6 Å². The van der Waals surface area contributed by atoms with E-state index in [0.717, 1.165) is 22.5 Å². The number of anilines is 1. The fraction of sp³-hybridized carbons (Fsp3) is 0.409. The van der Waals surface area contributed by atoms with Crippen molar-refractivity contribution in [3.05, 3.63) is 58.6 Å². The molecule has 3 rings (SSSR count). The SMILES string of the molecule is CCN1CCN(C(=O)CN(c2ccc(Cl)c(C(F)(F)F)c2)S(=O)(=O)c2ccc(C)cc2)CC1. The molecule has 180 valence electrons. The average molecular weight is 504 g/mol. The fourth-order valence-electron chi connectivity index (χ4n) is 3.57. The van der Waals surface area contributed by atoms with Crippen LogP contribution in [0.3, 0.4) is 0 Å². The summed E-state index contributed by atoms with van der Waals surface area (Å²) in [7, 11) is -4.33. The predicted octanol–water partition coefficient (Wildman–Crippen LogP) is 4.03. The third-order valence-electron chi connectivity index (χ3n) is 5.60. The molecule has 1 aliphatic rings. The Morgan fingerprint density at radius 2 is 1.67 bits per heavy atom. The second kappa shape index (κ2) is 9.90. The summed E-state index contributed by atoms with van der Waals surface area (Å²) >= 11 is 5.72. The van der Waals surface area contributed by atoms with Gasteiger partial charge in [0, 0.05) is 26.2 Å². The molecule has 1 aliphatic heterocycles. The Hall–Kier alpha value is -2.30. The number of carbonyl (C=O) groups is 1. The summed E-state index contributed by atoms with van der Waals surface area (Å²) in [6.07, 6.45) is -4.78. The number of nitrogens with zero attached hydrogens (tertiary/aromatic N) is 3. The van der Waals surface area contributed by atoms with Gasteiger partial charge < -0.3 is 9.80 Å². The largest absolute Gasteiger partial charge is 0.417 e. The van der Waals surface area contributed by atoms with Gasteiger partial charge >= 0.3 is 6.18 Å². The normalized spacial score (nSPS) is 15.5. The number of carbonyl (C=O) groups excluding carboxylic acids is 1. The lowest BCUT2D eigenvalue weighted by molar-refractivity contribution is -0.137. The number of halogens is 4. The highest BCUT2D eigenvalue weighted by Gasteiger charge is 2.36. The smallest absolute Gasteiger partial charge is 0.339 e. The van der Waals surface area contributed by atoms with Crippen molar-refractivity contribution in [1.29, 1.82) is 0 Å². The molecule has 6 nitrogen and oxygen atoms in total. The molecule has 1 fully saturated rings. The van der Waals surface area contributed by atoms with Crippen LogP contribution in [-0.4, -0.2) is 63.4 Å². The number of piperazine rings is 1. The van der Waals surface area contributed by atoms with Crippen molar-refractivity contribution >= 4 is 33.2 Å². The Morgan fingerprint density at radius 3 is 2.21 bits per heavy atom. The highest BCUT2D eigenvalue weighted by atomic mass is 35.5. The van der Waals surface area contributed by atoms with Gasteiger partial charge in [0.05, 0.1) is 21.2 Å². The molecule has 0 radical (unpaired) electrons. The molecule has 1 amide bonds. The molecule has 0 bridgehead atoms. The number of hydrogen-bond donors (Lipinski definition) is 0. The highest BCUT2D eigenvalue weighted by molar-refractivity contribution is 7.92. The van der Waals surface area contributed by atoms with Crippen LogP contribution in [0.15, 0.2) is 47.4 Å². The maximum atomic E-state index is 13.4. The summed E-state index contributed by atoms with van der Waals surface area (Å²) in [6.45, 7) is 6.12. The summed E-state index contributed by atoms with van der Waals surface area (Å²) in [4.78, 5) is 16.6. The second-order valence-corrected chi connectivity index (χ2v) is 10.1. The molecule has 0 unspecified atom stereocenters. The maximum Gasteiger partial charge on any atom is 0.417 e. The molecule has 1 saturated heterocycles. The van der Waals surface area contributed by atoms with Gasteiger partial charge in [-0.1, -0.05) is 36.2 Å². The van der Waals surface area contributed by atoms with Crippen molar-refractivity contribution in [3.8, 4) is 0 Å². The van der Waals surface area contributed by atoms with E-state index in [0.29, 0.717) is 32.2 Å². The average Bonchev–Trinajstić information content (AvgIpc) is 2.77. The van der Waals surface area contributed by atoms with Gasteiger partial charge in [0.1, 0.15) is 6.54 Å². The molecule has 0 aliphatic carbocycles. The van der Waals surface area contributed by atoms with Crippen molar-refractivity contribution < 1.29 is 26.4 Å². The monoisotopic (exact) mass is 503 g/mol. The van der Waals surface area contributed by atoms with Crippen LogP contribution in [0, 0.1) is 6.92 Å². The summed E-state index contributed by atoms with van der Waals surface area (Å²) in [5.74, 6) is -0.482. The van der Waals surface area contributed by atoms with Crippen LogP contribution in [0.25, 0.3) is 0 Å². The number of alkyl halides is 3. The maximum absolute atomic E-state index is 13.4. The molecule has 11 heteroatoms. The van der Waals surface area contributed by atoms with Gasteiger partial charge in [0.25, 0.3) is 10.0 Å². The van der Waals surface area contributed by atoms with Crippen LogP contribution >= 0.6 is 11.6 Å². The molecule has 0 atom stereocenters. The van der Waals surface area contributed by atoms with Crippen LogP contribution in [0.1, 0.15) is 18.1 Å². The van der Waals surface area contributed by atoms with Gasteiger partial charge in [0.15, 0.2) is 0 Å². The number of hydrogen-bond acceptors (Lipinski definition) is 4. The number of likely N-dealkylation sites (N-methyl/N-ethyl adjacent to an activating group) is 1. The summed E-state index contributed by atoms with van der Waals surface area (Å²) in [5.41, 5.74) is -0.640. The number of aryl methyl sites for hydroxylation is 1. The minimum atomic E-state index is -4.78. The van der Waals surface area contributed by atoms with E-state index in [-0.39, 0.29) is 10.6 Å². The third kappa shape index (κ3) is 5.80. The van der Waals surface area contributed by atoms with E-state index in [2.05, 4.69) is 4.90 Å². The van der Waals surface area contributed by atoms with Crippen LogP contribution < -0.4 is 4.31 Å².